The summed E-state index contributed by atoms with van der Waals surface area (Å²) in [4.78, 5) is 0. The molecule has 2 heterocycles. The van der Waals surface area contributed by atoms with Gasteiger partial charge in [-0.25, -0.2) is 4.68 Å². The molecule has 1 aliphatic rings. The van der Waals surface area contributed by atoms with E-state index >= 15 is 0 Å². The first-order valence-electron chi connectivity index (χ1n) is 8.69. The summed E-state index contributed by atoms with van der Waals surface area (Å²) in [7, 11) is 0. The average Bonchev–Trinajstić information content (AvgIpc) is 3.26. The van der Waals surface area contributed by atoms with Crippen LogP contribution in [0.3, 0.4) is 0 Å². The lowest BCUT2D eigenvalue weighted by Crippen LogP contribution is -2.37. The predicted octanol–water partition coefficient (Wildman–Crippen LogP) is 3.52. The largest absolute Gasteiger partial charge is 0.376 e. The van der Waals surface area contributed by atoms with Gasteiger partial charge in [0.2, 0.25) is 0 Å². The molecule has 27 heavy (non-hydrogen) atoms. The lowest BCUT2D eigenvalue weighted by molar-refractivity contribution is 0.114. The van der Waals surface area contributed by atoms with Crippen LogP contribution in [0, 0.1) is 6.92 Å². The second kappa shape index (κ2) is 9.50. The molecule has 2 N–H and O–H groups in total. The van der Waals surface area contributed by atoms with Gasteiger partial charge in [-0.1, -0.05) is 35.3 Å². The first-order chi connectivity index (χ1) is 13.0. The number of aromatic nitrogens is 2. The highest BCUT2D eigenvalue weighted by Gasteiger charge is 2.15. The zero-order valence-corrected chi connectivity index (χ0v) is 17.2. The van der Waals surface area contributed by atoms with Crippen LogP contribution >= 0.6 is 35.4 Å². The van der Waals surface area contributed by atoms with E-state index in [1.165, 1.54) is 0 Å². The summed E-state index contributed by atoms with van der Waals surface area (Å²) in [6.45, 7) is 3.95. The smallest absolute Gasteiger partial charge is 0.187 e. The van der Waals surface area contributed by atoms with Crippen LogP contribution in [0.15, 0.2) is 29.4 Å². The minimum absolute atomic E-state index is 0.219. The number of thiocarbonyl (C=S) groups is 1. The molecule has 1 unspecified atom stereocenters. The molecule has 9 heteroatoms. The lowest BCUT2D eigenvalue weighted by atomic mass is 10.2. The Balaban J connectivity index is 1.56. The molecule has 6 nitrogen and oxygen atoms in total. The third-order valence-corrected chi connectivity index (χ3v) is 5.12. The van der Waals surface area contributed by atoms with Crippen molar-refractivity contribution < 1.29 is 4.74 Å². The van der Waals surface area contributed by atoms with Crippen molar-refractivity contribution >= 4 is 46.7 Å². The summed E-state index contributed by atoms with van der Waals surface area (Å²) >= 11 is 17.6. The number of rotatable bonds is 6. The van der Waals surface area contributed by atoms with E-state index in [1.54, 1.807) is 10.9 Å². The number of ether oxygens (including phenoxy) is 1. The molecule has 0 radical (unpaired) electrons. The predicted molar refractivity (Wildman–Crippen MR) is 113 cm³/mol. The summed E-state index contributed by atoms with van der Waals surface area (Å²) in [5, 5.41) is 13.4. The van der Waals surface area contributed by atoms with E-state index in [2.05, 4.69) is 20.9 Å². The van der Waals surface area contributed by atoms with Crippen LogP contribution in [-0.2, 0) is 11.3 Å². The zero-order chi connectivity index (χ0) is 19.2. The zero-order valence-electron chi connectivity index (χ0n) is 14.9. The molecule has 0 amide bonds. The van der Waals surface area contributed by atoms with Crippen LogP contribution in [-0.4, -0.2) is 40.4 Å². The van der Waals surface area contributed by atoms with Gasteiger partial charge >= 0.3 is 0 Å². The number of hydrazone groups is 1. The van der Waals surface area contributed by atoms with Crippen LogP contribution in [0.1, 0.15) is 29.7 Å². The first-order valence-corrected chi connectivity index (χ1v) is 9.85. The van der Waals surface area contributed by atoms with E-state index in [9.17, 15) is 0 Å². The Hall–Kier alpha value is -1.67. The number of hydrogen-bond donors (Lipinski definition) is 2. The molecular weight excluding hydrogens is 405 g/mol. The number of nitrogens with one attached hydrogen (secondary N) is 2. The normalized spacial score (nSPS) is 16.8. The number of nitrogens with zero attached hydrogens (tertiary/aromatic N) is 3. The monoisotopic (exact) mass is 425 g/mol. The SMILES string of the molecule is Cc1nn(Cc2ccc(Cl)cc2)c(Cl)c1C=NNC(=S)NCC1CCCO1. The van der Waals surface area contributed by atoms with E-state index < -0.39 is 0 Å². The van der Waals surface area contributed by atoms with Gasteiger partial charge in [-0.15, -0.1) is 0 Å². The Morgan fingerprint density at radius 1 is 1.41 bits per heavy atom. The number of aryl methyl sites for hydroxylation is 1. The summed E-state index contributed by atoms with van der Waals surface area (Å²) in [6.07, 6.45) is 4.00. The van der Waals surface area contributed by atoms with E-state index in [1.807, 2.05) is 31.2 Å². The maximum Gasteiger partial charge on any atom is 0.187 e. The van der Waals surface area contributed by atoms with Gasteiger partial charge in [-0.2, -0.15) is 10.2 Å². The topological polar surface area (TPSA) is 63.5 Å². The Labute approximate surface area is 173 Å². The molecule has 3 rings (SSSR count). The van der Waals surface area contributed by atoms with Crippen molar-refractivity contribution in [2.45, 2.75) is 32.4 Å². The molecular formula is C18H21Cl2N5OS. The average molecular weight is 426 g/mol. The molecule has 1 aromatic heterocycles. The Kier molecular flexibility index (Phi) is 7.07. The highest BCUT2D eigenvalue weighted by molar-refractivity contribution is 7.80. The van der Waals surface area contributed by atoms with Crippen molar-refractivity contribution in [3.8, 4) is 0 Å². The van der Waals surface area contributed by atoms with Crippen LogP contribution < -0.4 is 10.7 Å². The molecule has 0 aliphatic carbocycles. The van der Waals surface area contributed by atoms with Crippen LogP contribution in [0.4, 0.5) is 0 Å². The first kappa shape index (κ1) is 20.1. The van der Waals surface area contributed by atoms with Crippen molar-refractivity contribution in [2.75, 3.05) is 13.2 Å². The molecule has 1 saturated heterocycles. The molecule has 1 fully saturated rings. The molecule has 0 saturated carbocycles. The fourth-order valence-electron chi connectivity index (χ4n) is 2.79. The second-order valence-electron chi connectivity index (χ2n) is 6.29. The van der Waals surface area contributed by atoms with Crippen molar-refractivity contribution in [2.24, 2.45) is 5.10 Å². The molecule has 0 spiro atoms. The maximum absolute atomic E-state index is 6.46. The fraction of sp³-hybridized carbons (Fsp3) is 0.389. The molecule has 0 bridgehead atoms. The van der Waals surface area contributed by atoms with Gasteiger partial charge in [-0.05, 0) is 49.7 Å². The van der Waals surface area contributed by atoms with E-state index in [0.29, 0.717) is 28.4 Å². The minimum Gasteiger partial charge on any atom is -0.376 e. The van der Waals surface area contributed by atoms with E-state index in [0.717, 1.165) is 36.3 Å². The summed E-state index contributed by atoms with van der Waals surface area (Å²) in [6, 6.07) is 7.59. The highest BCUT2D eigenvalue weighted by Crippen LogP contribution is 2.20. The van der Waals surface area contributed by atoms with E-state index in [-0.39, 0.29) is 6.10 Å². The summed E-state index contributed by atoms with van der Waals surface area (Å²) < 4.78 is 7.27. The molecule has 1 aliphatic heterocycles. The van der Waals surface area contributed by atoms with Crippen molar-refractivity contribution in [1.29, 1.82) is 0 Å². The maximum atomic E-state index is 6.46. The summed E-state index contributed by atoms with van der Waals surface area (Å²) in [5.74, 6) is 0. The van der Waals surface area contributed by atoms with Crippen molar-refractivity contribution in [3.63, 3.8) is 0 Å². The second-order valence-corrected chi connectivity index (χ2v) is 7.49. The van der Waals surface area contributed by atoms with Gasteiger partial charge in [0.25, 0.3) is 0 Å². The Bertz CT molecular complexity index is 816. The molecule has 2 aromatic rings. The summed E-state index contributed by atoms with van der Waals surface area (Å²) in [5.41, 5.74) is 5.40. The van der Waals surface area contributed by atoms with Gasteiger partial charge in [0.15, 0.2) is 5.11 Å². The third-order valence-electron chi connectivity index (χ3n) is 4.23. The minimum atomic E-state index is 0.219. The van der Waals surface area contributed by atoms with Gasteiger partial charge in [0.05, 0.1) is 30.1 Å². The van der Waals surface area contributed by atoms with Gasteiger partial charge in [0.1, 0.15) is 5.15 Å². The number of hydrogen-bond acceptors (Lipinski definition) is 4. The highest BCUT2D eigenvalue weighted by atomic mass is 35.5. The van der Waals surface area contributed by atoms with Gasteiger partial charge < -0.3 is 10.1 Å². The van der Waals surface area contributed by atoms with Crippen LogP contribution in [0.2, 0.25) is 10.2 Å². The quantitative estimate of drug-likeness (QED) is 0.421. The Morgan fingerprint density at radius 3 is 2.89 bits per heavy atom. The number of benzene rings is 1. The van der Waals surface area contributed by atoms with Gasteiger partial charge in [0, 0.05) is 18.2 Å². The molecule has 1 aromatic carbocycles. The van der Waals surface area contributed by atoms with Crippen molar-refractivity contribution in [3.05, 3.63) is 51.3 Å². The Morgan fingerprint density at radius 2 is 2.19 bits per heavy atom. The van der Waals surface area contributed by atoms with Crippen molar-refractivity contribution in [1.82, 2.24) is 20.5 Å². The van der Waals surface area contributed by atoms with Crippen LogP contribution in [0.25, 0.3) is 0 Å². The molecule has 1 atom stereocenters. The molecule has 144 valence electrons. The van der Waals surface area contributed by atoms with Crippen LogP contribution in [0.5, 0.6) is 0 Å². The van der Waals surface area contributed by atoms with E-state index in [4.69, 9.17) is 40.2 Å². The third kappa shape index (κ3) is 5.65. The van der Waals surface area contributed by atoms with Gasteiger partial charge in [-0.3, -0.25) is 5.43 Å². The fourth-order valence-corrected chi connectivity index (χ4v) is 3.33. The standard InChI is InChI=1S/C18H21Cl2N5OS/c1-12-16(10-22-23-18(27)21-9-15-3-2-8-26-15)17(20)25(24-12)11-13-4-6-14(19)7-5-13/h4-7,10,15H,2-3,8-9,11H2,1H3,(H2,21,23,27). The lowest BCUT2D eigenvalue weighted by Gasteiger charge is -2.11. The number of halogens is 2.